The van der Waals surface area contributed by atoms with Gasteiger partial charge in [0.15, 0.2) is 0 Å². The molecule has 10 heavy (non-hydrogen) atoms. The van der Waals surface area contributed by atoms with E-state index in [1.54, 1.807) is 0 Å². The van der Waals surface area contributed by atoms with Gasteiger partial charge in [-0.15, -0.1) is 0 Å². The Bertz CT molecular complexity index is 87.8. The maximum absolute atomic E-state index is 9.12. The average molecular weight is 148 g/mol. The van der Waals surface area contributed by atoms with Crippen molar-refractivity contribution in [2.45, 2.75) is 38.1 Å². The molecule has 0 aliphatic carbocycles. The molecule has 0 spiro atoms. The summed E-state index contributed by atoms with van der Waals surface area (Å²) in [5, 5.41) is 17.8. The van der Waals surface area contributed by atoms with E-state index in [4.69, 9.17) is 21.7 Å². The second-order valence-corrected chi connectivity index (χ2v) is 2.44. The molecule has 4 nitrogen and oxygen atoms in total. The van der Waals surface area contributed by atoms with Crippen LogP contribution in [0.5, 0.6) is 0 Å². The molecule has 0 bridgehead atoms. The van der Waals surface area contributed by atoms with Gasteiger partial charge >= 0.3 is 0 Å². The lowest BCUT2D eigenvalue weighted by Gasteiger charge is -2.17. The van der Waals surface area contributed by atoms with Crippen molar-refractivity contribution in [2.24, 2.45) is 11.5 Å². The summed E-state index contributed by atoms with van der Waals surface area (Å²) in [6.45, 7) is 1.87. The highest BCUT2D eigenvalue weighted by Crippen LogP contribution is 2.00. The summed E-state index contributed by atoms with van der Waals surface area (Å²) in [5.74, 6) is 0. The molecule has 0 aliphatic rings. The molecule has 3 atom stereocenters. The fraction of sp³-hybridized carbons (Fsp3) is 1.00. The Morgan fingerprint density at radius 1 is 1.30 bits per heavy atom. The predicted molar refractivity (Wildman–Crippen MR) is 39.1 cm³/mol. The van der Waals surface area contributed by atoms with E-state index >= 15 is 0 Å². The van der Waals surface area contributed by atoms with E-state index < -0.39 is 12.3 Å². The van der Waals surface area contributed by atoms with Crippen LogP contribution in [0.15, 0.2) is 0 Å². The van der Waals surface area contributed by atoms with Gasteiger partial charge in [0.2, 0.25) is 0 Å². The van der Waals surface area contributed by atoms with Crippen LogP contribution in [0.3, 0.4) is 0 Å². The number of rotatable bonds is 4. The number of hydrogen-bond donors (Lipinski definition) is 4. The van der Waals surface area contributed by atoms with E-state index in [-0.39, 0.29) is 12.5 Å². The highest BCUT2D eigenvalue weighted by molar-refractivity contribution is 4.71. The van der Waals surface area contributed by atoms with Crippen LogP contribution in [0.25, 0.3) is 0 Å². The summed E-state index contributed by atoms with van der Waals surface area (Å²) in [4.78, 5) is 0. The molecule has 3 unspecified atom stereocenters. The first kappa shape index (κ1) is 9.84. The molecular formula is C6H16N2O2. The third kappa shape index (κ3) is 3.79. The van der Waals surface area contributed by atoms with Gasteiger partial charge in [-0.05, 0) is 6.42 Å². The monoisotopic (exact) mass is 148 g/mol. The minimum absolute atomic E-state index is 0.148. The largest absolute Gasteiger partial charge is 0.391 e. The number of aliphatic hydroxyl groups is 2. The molecule has 0 aromatic carbocycles. The maximum Gasteiger partial charge on any atom is 0.104 e. The van der Waals surface area contributed by atoms with Crippen molar-refractivity contribution in [3.05, 3.63) is 0 Å². The average Bonchev–Trinajstić information content (AvgIpc) is 1.85. The fourth-order valence-corrected chi connectivity index (χ4v) is 0.694. The molecule has 62 valence electrons. The van der Waals surface area contributed by atoms with Crippen LogP contribution in [0.4, 0.5) is 0 Å². The normalized spacial score (nSPS) is 20.1. The van der Waals surface area contributed by atoms with Crippen LogP contribution in [0.1, 0.15) is 19.8 Å². The van der Waals surface area contributed by atoms with Crippen molar-refractivity contribution in [1.29, 1.82) is 0 Å². The molecule has 0 heterocycles. The number of nitrogens with two attached hydrogens (primary N) is 2. The Labute approximate surface area is 60.8 Å². The molecule has 0 aromatic rings. The lowest BCUT2D eigenvalue weighted by molar-refractivity contribution is 0.0675. The predicted octanol–water partition coefficient (Wildman–Crippen LogP) is -1.25. The SMILES string of the molecule is CCC(N)C(O)CC(N)O. The van der Waals surface area contributed by atoms with Crippen LogP contribution < -0.4 is 11.5 Å². The summed E-state index contributed by atoms with van der Waals surface area (Å²) >= 11 is 0. The highest BCUT2D eigenvalue weighted by atomic mass is 16.3. The standard InChI is InChI=1S/C6H16N2O2/c1-2-4(7)5(9)3-6(8)10/h4-6,9-10H,2-3,7-8H2,1H3. The lowest BCUT2D eigenvalue weighted by atomic mass is 10.1. The zero-order chi connectivity index (χ0) is 8.15. The van der Waals surface area contributed by atoms with Gasteiger partial charge < -0.3 is 21.7 Å². The van der Waals surface area contributed by atoms with E-state index in [0.29, 0.717) is 6.42 Å². The molecule has 0 fully saturated rings. The van der Waals surface area contributed by atoms with E-state index in [9.17, 15) is 0 Å². The molecule has 4 heteroatoms. The van der Waals surface area contributed by atoms with E-state index in [1.807, 2.05) is 6.92 Å². The first-order valence-electron chi connectivity index (χ1n) is 3.45. The first-order valence-corrected chi connectivity index (χ1v) is 3.45. The third-order valence-corrected chi connectivity index (χ3v) is 1.45. The van der Waals surface area contributed by atoms with Crippen molar-refractivity contribution in [1.82, 2.24) is 0 Å². The van der Waals surface area contributed by atoms with E-state index in [0.717, 1.165) is 0 Å². The molecule has 0 saturated carbocycles. The Morgan fingerprint density at radius 3 is 2.10 bits per heavy atom. The zero-order valence-electron chi connectivity index (χ0n) is 6.20. The number of aliphatic hydroxyl groups excluding tert-OH is 2. The Morgan fingerprint density at radius 2 is 1.80 bits per heavy atom. The van der Waals surface area contributed by atoms with Crippen molar-refractivity contribution in [2.75, 3.05) is 0 Å². The van der Waals surface area contributed by atoms with Crippen LogP contribution >= 0.6 is 0 Å². The highest BCUT2D eigenvalue weighted by Gasteiger charge is 2.14. The first-order chi connectivity index (χ1) is 4.57. The Balaban J connectivity index is 3.50. The Kier molecular flexibility index (Phi) is 4.55. The van der Waals surface area contributed by atoms with Gasteiger partial charge in [0.05, 0.1) is 6.10 Å². The van der Waals surface area contributed by atoms with Crippen molar-refractivity contribution in [3.63, 3.8) is 0 Å². The molecule has 0 rings (SSSR count). The summed E-state index contributed by atoms with van der Waals surface area (Å²) in [6, 6.07) is -0.279. The van der Waals surface area contributed by atoms with Gasteiger partial charge in [-0.25, -0.2) is 0 Å². The molecule has 0 radical (unpaired) electrons. The summed E-state index contributed by atoms with van der Waals surface area (Å²) < 4.78 is 0. The van der Waals surface area contributed by atoms with E-state index in [2.05, 4.69) is 0 Å². The minimum atomic E-state index is -0.965. The van der Waals surface area contributed by atoms with Crippen molar-refractivity contribution >= 4 is 0 Å². The maximum atomic E-state index is 9.12. The smallest absolute Gasteiger partial charge is 0.104 e. The second-order valence-electron chi connectivity index (χ2n) is 2.44. The van der Waals surface area contributed by atoms with Crippen molar-refractivity contribution in [3.8, 4) is 0 Å². The van der Waals surface area contributed by atoms with Crippen LogP contribution in [0, 0.1) is 0 Å². The molecule has 0 aromatic heterocycles. The van der Waals surface area contributed by atoms with Gasteiger partial charge in [0, 0.05) is 12.5 Å². The van der Waals surface area contributed by atoms with E-state index in [1.165, 1.54) is 0 Å². The molecule has 0 amide bonds. The summed E-state index contributed by atoms with van der Waals surface area (Å²) in [5.41, 5.74) is 10.5. The zero-order valence-corrected chi connectivity index (χ0v) is 6.20. The second kappa shape index (κ2) is 4.62. The lowest BCUT2D eigenvalue weighted by Crippen LogP contribution is -2.38. The fourth-order valence-electron chi connectivity index (χ4n) is 0.694. The number of hydrogen-bond acceptors (Lipinski definition) is 4. The van der Waals surface area contributed by atoms with Crippen LogP contribution in [-0.4, -0.2) is 28.6 Å². The van der Waals surface area contributed by atoms with Gasteiger partial charge in [0.25, 0.3) is 0 Å². The van der Waals surface area contributed by atoms with Crippen molar-refractivity contribution < 1.29 is 10.2 Å². The van der Waals surface area contributed by atoms with Gasteiger partial charge in [0.1, 0.15) is 6.23 Å². The Hall–Kier alpha value is -0.160. The van der Waals surface area contributed by atoms with Crippen LogP contribution in [-0.2, 0) is 0 Å². The summed E-state index contributed by atoms with van der Waals surface area (Å²) in [7, 11) is 0. The minimum Gasteiger partial charge on any atom is -0.391 e. The molecule has 0 saturated heterocycles. The molecular weight excluding hydrogens is 132 g/mol. The topological polar surface area (TPSA) is 92.5 Å². The summed E-state index contributed by atoms with van der Waals surface area (Å²) in [6.07, 6.45) is -0.819. The van der Waals surface area contributed by atoms with Gasteiger partial charge in [-0.3, -0.25) is 0 Å². The molecule has 0 aliphatic heterocycles. The third-order valence-electron chi connectivity index (χ3n) is 1.45. The van der Waals surface area contributed by atoms with Gasteiger partial charge in [-0.2, -0.15) is 0 Å². The quantitative estimate of drug-likeness (QED) is 0.375. The van der Waals surface area contributed by atoms with Crippen LogP contribution in [0.2, 0.25) is 0 Å². The van der Waals surface area contributed by atoms with Gasteiger partial charge in [-0.1, -0.05) is 6.92 Å². The molecule has 6 N–H and O–H groups in total.